The Bertz CT molecular complexity index is 3180. The summed E-state index contributed by atoms with van der Waals surface area (Å²) < 4.78 is 0. The Morgan fingerprint density at radius 2 is 0.842 bits per heavy atom. The van der Waals surface area contributed by atoms with Gasteiger partial charge in [0, 0.05) is 22.1 Å². The average molecular weight is 728 g/mol. The maximum Gasteiger partial charge on any atom is 0.164 e. The van der Waals surface area contributed by atoms with E-state index in [1.165, 1.54) is 65.7 Å². The molecule has 0 unspecified atom stereocenters. The average Bonchev–Trinajstić information content (AvgIpc) is 3.51. The highest BCUT2D eigenvalue weighted by Crippen LogP contribution is 2.49. The standard InChI is InChI=1S/C54H37N3/c1-54(2)48-19-11-10-18-44(48)47-32-40(29-31-49(47)54)34-20-24-38(25-21-34)52-55-51(37-13-4-3-5-14-37)56-53(57-52)39-26-22-36(23-27-39)50-43-17-9-7-15-41(43)33-46-42-16-8-6-12-35(42)28-30-45(46)50/h3-33H,1-2H3. The Kier molecular flexibility index (Phi) is 7.52. The fourth-order valence-corrected chi connectivity index (χ4v) is 8.98. The molecule has 268 valence electrons. The van der Waals surface area contributed by atoms with Gasteiger partial charge < -0.3 is 0 Å². The SMILES string of the molecule is CC1(C)c2ccccc2-c2cc(-c3ccc(-c4nc(-c5ccccc5)nc(-c5ccc(-c6c7ccccc7cc7c6ccc6ccccc67)cc5)n4)cc3)ccc21. The van der Waals surface area contributed by atoms with Gasteiger partial charge in [-0.1, -0.05) is 190 Å². The van der Waals surface area contributed by atoms with Crippen molar-refractivity contribution >= 4 is 32.3 Å². The highest BCUT2D eigenvalue weighted by Gasteiger charge is 2.35. The van der Waals surface area contributed by atoms with Gasteiger partial charge in [-0.25, -0.2) is 15.0 Å². The summed E-state index contributed by atoms with van der Waals surface area (Å²) in [4.78, 5) is 15.2. The Morgan fingerprint density at radius 1 is 0.316 bits per heavy atom. The summed E-state index contributed by atoms with van der Waals surface area (Å²) in [5.41, 5.74) is 13.0. The van der Waals surface area contributed by atoms with Crippen LogP contribution in [0.4, 0.5) is 0 Å². The van der Waals surface area contributed by atoms with Crippen molar-refractivity contribution in [3.05, 3.63) is 199 Å². The number of aromatic nitrogens is 3. The molecule has 0 saturated heterocycles. The molecule has 3 heteroatoms. The first-order valence-electron chi connectivity index (χ1n) is 19.6. The smallest absolute Gasteiger partial charge is 0.164 e. The van der Waals surface area contributed by atoms with E-state index in [0.29, 0.717) is 17.5 Å². The number of fused-ring (bicyclic) bond motifs is 7. The number of rotatable bonds is 5. The molecule has 0 fully saturated rings. The maximum atomic E-state index is 5.10. The number of benzene rings is 9. The van der Waals surface area contributed by atoms with Crippen LogP contribution < -0.4 is 0 Å². The van der Waals surface area contributed by atoms with Crippen LogP contribution in [0.2, 0.25) is 0 Å². The second kappa shape index (κ2) is 12.9. The Morgan fingerprint density at radius 3 is 1.56 bits per heavy atom. The van der Waals surface area contributed by atoms with Gasteiger partial charge in [0.2, 0.25) is 0 Å². The van der Waals surface area contributed by atoms with Gasteiger partial charge in [0.1, 0.15) is 0 Å². The lowest BCUT2D eigenvalue weighted by Crippen LogP contribution is -2.14. The van der Waals surface area contributed by atoms with E-state index in [-0.39, 0.29) is 5.41 Å². The number of hydrogen-bond donors (Lipinski definition) is 0. The first-order chi connectivity index (χ1) is 28.0. The molecule has 1 aliphatic rings. The minimum Gasteiger partial charge on any atom is -0.208 e. The van der Waals surface area contributed by atoms with Crippen molar-refractivity contribution in [3.63, 3.8) is 0 Å². The molecule has 0 aliphatic heterocycles. The zero-order chi connectivity index (χ0) is 38.1. The van der Waals surface area contributed by atoms with Gasteiger partial charge >= 0.3 is 0 Å². The molecule has 3 nitrogen and oxygen atoms in total. The van der Waals surface area contributed by atoms with Crippen molar-refractivity contribution in [1.82, 2.24) is 15.0 Å². The summed E-state index contributed by atoms with van der Waals surface area (Å²) in [6.45, 7) is 4.64. The minimum absolute atomic E-state index is 0.0128. The summed E-state index contributed by atoms with van der Waals surface area (Å²) >= 11 is 0. The van der Waals surface area contributed by atoms with Gasteiger partial charge in [0.15, 0.2) is 17.5 Å². The molecule has 0 bridgehead atoms. The lowest BCUT2D eigenvalue weighted by molar-refractivity contribution is 0.660. The molecule has 57 heavy (non-hydrogen) atoms. The Balaban J connectivity index is 0.987. The largest absolute Gasteiger partial charge is 0.208 e. The molecule has 11 rings (SSSR count). The number of hydrogen-bond acceptors (Lipinski definition) is 3. The summed E-state index contributed by atoms with van der Waals surface area (Å²) in [7, 11) is 0. The molecule has 1 aliphatic carbocycles. The van der Waals surface area contributed by atoms with E-state index >= 15 is 0 Å². The molecule has 9 aromatic carbocycles. The molecule has 0 spiro atoms. The Hall–Kier alpha value is -7.23. The third kappa shape index (κ3) is 5.46. The molecule has 1 heterocycles. The van der Waals surface area contributed by atoms with Crippen LogP contribution in [-0.4, -0.2) is 15.0 Å². The summed E-state index contributed by atoms with van der Waals surface area (Å²) in [5, 5.41) is 7.47. The van der Waals surface area contributed by atoms with Crippen LogP contribution in [0.15, 0.2) is 188 Å². The predicted molar refractivity (Wildman–Crippen MR) is 237 cm³/mol. The lowest BCUT2D eigenvalue weighted by Gasteiger charge is -2.21. The topological polar surface area (TPSA) is 38.7 Å². The molecular weight excluding hydrogens is 691 g/mol. The van der Waals surface area contributed by atoms with Crippen molar-refractivity contribution in [2.45, 2.75) is 19.3 Å². The van der Waals surface area contributed by atoms with Crippen LogP contribution in [0, 0.1) is 0 Å². The van der Waals surface area contributed by atoms with E-state index in [1.807, 2.05) is 18.2 Å². The highest BCUT2D eigenvalue weighted by atomic mass is 15.0. The van der Waals surface area contributed by atoms with E-state index in [2.05, 4.69) is 184 Å². The second-order valence-electron chi connectivity index (χ2n) is 15.6. The minimum atomic E-state index is -0.0128. The van der Waals surface area contributed by atoms with E-state index < -0.39 is 0 Å². The molecule has 0 saturated carbocycles. The predicted octanol–water partition coefficient (Wildman–Crippen LogP) is 14.0. The van der Waals surface area contributed by atoms with Gasteiger partial charge in [-0.2, -0.15) is 0 Å². The molecule has 0 amide bonds. The fraction of sp³-hybridized carbons (Fsp3) is 0.0556. The third-order valence-electron chi connectivity index (χ3n) is 11.9. The molecule has 0 N–H and O–H groups in total. The van der Waals surface area contributed by atoms with Gasteiger partial charge in [-0.3, -0.25) is 0 Å². The number of nitrogens with zero attached hydrogens (tertiary/aromatic N) is 3. The van der Waals surface area contributed by atoms with Crippen LogP contribution in [-0.2, 0) is 5.41 Å². The van der Waals surface area contributed by atoms with Crippen molar-refractivity contribution < 1.29 is 0 Å². The second-order valence-corrected chi connectivity index (χ2v) is 15.6. The molecular formula is C54H37N3. The van der Waals surface area contributed by atoms with Crippen LogP contribution in [0.5, 0.6) is 0 Å². The Labute approximate surface area is 332 Å². The molecule has 0 atom stereocenters. The first kappa shape index (κ1) is 33.1. The highest BCUT2D eigenvalue weighted by molar-refractivity contribution is 6.20. The monoisotopic (exact) mass is 727 g/mol. The van der Waals surface area contributed by atoms with Gasteiger partial charge in [-0.15, -0.1) is 0 Å². The zero-order valence-electron chi connectivity index (χ0n) is 31.7. The van der Waals surface area contributed by atoms with Gasteiger partial charge in [0.05, 0.1) is 0 Å². The van der Waals surface area contributed by atoms with Crippen molar-refractivity contribution in [3.8, 4) is 67.5 Å². The summed E-state index contributed by atoms with van der Waals surface area (Å²) in [6.07, 6.45) is 0. The van der Waals surface area contributed by atoms with Crippen LogP contribution >= 0.6 is 0 Å². The fourth-order valence-electron chi connectivity index (χ4n) is 8.98. The van der Waals surface area contributed by atoms with Crippen molar-refractivity contribution in [1.29, 1.82) is 0 Å². The van der Waals surface area contributed by atoms with Crippen LogP contribution in [0.1, 0.15) is 25.0 Å². The van der Waals surface area contributed by atoms with Crippen molar-refractivity contribution in [2.24, 2.45) is 0 Å². The summed E-state index contributed by atoms with van der Waals surface area (Å²) in [6, 6.07) is 67.4. The van der Waals surface area contributed by atoms with Gasteiger partial charge in [0.25, 0.3) is 0 Å². The van der Waals surface area contributed by atoms with Crippen molar-refractivity contribution in [2.75, 3.05) is 0 Å². The van der Waals surface area contributed by atoms with Crippen LogP contribution in [0.3, 0.4) is 0 Å². The molecule has 10 aromatic rings. The zero-order valence-corrected chi connectivity index (χ0v) is 31.7. The van der Waals surface area contributed by atoms with E-state index in [4.69, 9.17) is 15.0 Å². The molecule has 1 aromatic heterocycles. The normalized spacial score (nSPS) is 12.9. The quantitative estimate of drug-likeness (QED) is 0.131. The van der Waals surface area contributed by atoms with E-state index in [1.54, 1.807) is 0 Å². The lowest BCUT2D eigenvalue weighted by atomic mass is 9.82. The summed E-state index contributed by atoms with van der Waals surface area (Å²) in [5.74, 6) is 1.93. The third-order valence-corrected chi connectivity index (χ3v) is 11.9. The molecule has 0 radical (unpaired) electrons. The maximum absolute atomic E-state index is 5.10. The van der Waals surface area contributed by atoms with E-state index in [0.717, 1.165) is 27.8 Å². The van der Waals surface area contributed by atoms with E-state index in [9.17, 15) is 0 Å². The first-order valence-corrected chi connectivity index (χ1v) is 19.6. The van der Waals surface area contributed by atoms with Gasteiger partial charge in [-0.05, 0) is 89.0 Å². The van der Waals surface area contributed by atoms with Crippen LogP contribution in [0.25, 0.3) is 99.9 Å².